The van der Waals surface area contributed by atoms with E-state index in [4.69, 9.17) is 14.6 Å². The van der Waals surface area contributed by atoms with Gasteiger partial charge in [0.25, 0.3) is 5.91 Å². The van der Waals surface area contributed by atoms with E-state index in [1.54, 1.807) is 0 Å². The molecule has 1 heterocycles. The van der Waals surface area contributed by atoms with E-state index in [0.29, 0.717) is 13.2 Å². The molecule has 1 aliphatic carbocycles. The number of carbonyl (C=O) groups is 2. The van der Waals surface area contributed by atoms with Gasteiger partial charge in [-0.15, -0.1) is 0 Å². The number of ether oxygens (including phenoxy) is 2. The Morgan fingerprint density at radius 3 is 2.56 bits per heavy atom. The highest BCUT2D eigenvalue weighted by atomic mass is 16.6. The number of carboxylic acids is 1. The molecule has 2 rings (SSSR count). The van der Waals surface area contributed by atoms with E-state index in [-0.39, 0.29) is 25.1 Å². The molecule has 0 bridgehead atoms. The minimum Gasteiger partial charge on any atom is -0.480 e. The highest BCUT2D eigenvalue weighted by Gasteiger charge is 2.38. The zero-order valence-electron chi connectivity index (χ0n) is 8.92. The summed E-state index contributed by atoms with van der Waals surface area (Å²) < 4.78 is 10.4. The van der Waals surface area contributed by atoms with Crippen molar-refractivity contribution in [1.29, 1.82) is 0 Å². The van der Waals surface area contributed by atoms with Gasteiger partial charge in [-0.05, 0) is 12.8 Å². The SMILES string of the molecule is O=C(O)CN(C(=O)C1COCCO1)C1CC1. The summed E-state index contributed by atoms with van der Waals surface area (Å²) in [5.74, 6) is -1.25. The van der Waals surface area contributed by atoms with E-state index in [0.717, 1.165) is 12.8 Å². The standard InChI is InChI=1S/C10H15NO5/c12-9(13)5-11(7-1-2-7)10(14)8-6-15-3-4-16-8/h7-8H,1-6H2,(H,12,13). The normalized spacial score (nSPS) is 25.1. The predicted octanol–water partition coefficient (Wildman–Crippen LogP) is -0.523. The van der Waals surface area contributed by atoms with Crippen LogP contribution in [0.4, 0.5) is 0 Å². The third-order valence-corrected chi connectivity index (χ3v) is 2.67. The first-order valence-corrected chi connectivity index (χ1v) is 5.40. The van der Waals surface area contributed by atoms with Crippen LogP contribution in [0.3, 0.4) is 0 Å². The molecule has 1 amide bonds. The van der Waals surface area contributed by atoms with Crippen molar-refractivity contribution in [3.63, 3.8) is 0 Å². The van der Waals surface area contributed by atoms with Gasteiger partial charge in [-0.2, -0.15) is 0 Å². The van der Waals surface area contributed by atoms with Gasteiger partial charge in [0.15, 0.2) is 6.10 Å². The first-order chi connectivity index (χ1) is 7.68. The van der Waals surface area contributed by atoms with Crippen molar-refractivity contribution in [3.05, 3.63) is 0 Å². The summed E-state index contributed by atoms with van der Waals surface area (Å²) >= 11 is 0. The summed E-state index contributed by atoms with van der Waals surface area (Å²) in [6, 6.07) is 0.0779. The van der Waals surface area contributed by atoms with Crippen molar-refractivity contribution >= 4 is 11.9 Å². The maximum absolute atomic E-state index is 12.0. The number of hydrogen-bond acceptors (Lipinski definition) is 4. The van der Waals surface area contributed by atoms with E-state index in [9.17, 15) is 9.59 Å². The van der Waals surface area contributed by atoms with Gasteiger partial charge in [-0.1, -0.05) is 0 Å². The highest BCUT2D eigenvalue weighted by molar-refractivity contribution is 5.85. The molecule has 1 saturated heterocycles. The van der Waals surface area contributed by atoms with Crippen LogP contribution in [0, 0.1) is 0 Å². The molecule has 0 spiro atoms. The topological polar surface area (TPSA) is 76.1 Å². The Morgan fingerprint density at radius 1 is 1.31 bits per heavy atom. The van der Waals surface area contributed by atoms with Gasteiger partial charge in [0.1, 0.15) is 6.54 Å². The molecule has 1 atom stereocenters. The predicted molar refractivity (Wildman–Crippen MR) is 52.9 cm³/mol. The Balaban J connectivity index is 1.95. The summed E-state index contributed by atoms with van der Waals surface area (Å²) in [5.41, 5.74) is 0. The molecule has 0 radical (unpaired) electrons. The molecule has 0 aromatic heterocycles. The monoisotopic (exact) mass is 229 g/mol. The van der Waals surface area contributed by atoms with Crippen molar-refractivity contribution < 1.29 is 24.2 Å². The summed E-state index contributed by atoms with van der Waals surface area (Å²) in [6.45, 7) is 0.860. The van der Waals surface area contributed by atoms with Gasteiger partial charge < -0.3 is 19.5 Å². The number of hydrogen-bond donors (Lipinski definition) is 1. The summed E-state index contributed by atoms with van der Waals surface area (Å²) in [7, 11) is 0. The Labute approximate surface area is 93.1 Å². The second kappa shape index (κ2) is 4.80. The lowest BCUT2D eigenvalue weighted by molar-refractivity contribution is -0.162. The van der Waals surface area contributed by atoms with Crippen LogP contribution in [-0.4, -0.2) is 60.4 Å². The van der Waals surface area contributed by atoms with E-state index in [1.165, 1.54) is 4.90 Å². The van der Waals surface area contributed by atoms with Crippen molar-refractivity contribution in [2.24, 2.45) is 0 Å². The minimum absolute atomic E-state index is 0.0779. The fourth-order valence-electron chi connectivity index (χ4n) is 1.73. The molecule has 6 heteroatoms. The largest absolute Gasteiger partial charge is 0.480 e. The van der Waals surface area contributed by atoms with Gasteiger partial charge in [-0.25, -0.2) is 0 Å². The van der Waals surface area contributed by atoms with Crippen LogP contribution in [0.25, 0.3) is 0 Å². The summed E-state index contributed by atoms with van der Waals surface area (Å²) in [5, 5.41) is 8.74. The Morgan fingerprint density at radius 2 is 2.06 bits per heavy atom. The second-order valence-corrected chi connectivity index (χ2v) is 4.03. The second-order valence-electron chi connectivity index (χ2n) is 4.03. The van der Waals surface area contributed by atoms with E-state index in [1.807, 2.05) is 0 Å². The highest BCUT2D eigenvalue weighted by Crippen LogP contribution is 2.27. The van der Waals surface area contributed by atoms with Crippen LogP contribution in [0.15, 0.2) is 0 Å². The molecule has 90 valence electrons. The van der Waals surface area contributed by atoms with E-state index >= 15 is 0 Å². The quantitative estimate of drug-likeness (QED) is 0.701. The Bertz CT molecular complexity index is 283. The molecule has 0 aromatic carbocycles. The number of amides is 1. The average Bonchev–Trinajstić information content (AvgIpc) is 3.10. The number of nitrogens with zero attached hydrogens (tertiary/aromatic N) is 1. The van der Waals surface area contributed by atoms with Gasteiger partial charge in [0.05, 0.1) is 19.8 Å². The third-order valence-electron chi connectivity index (χ3n) is 2.67. The van der Waals surface area contributed by atoms with Crippen molar-refractivity contribution in [2.45, 2.75) is 25.0 Å². The van der Waals surface area contributed by atoms with Crippen LogP contribution in [0.5, 0.6) is 0 Å². The molecular weight excluding hydrogens is 214 g/mol. The fourth-order valence-corrected chi connectivity index (χ4v) is 1.73. The van der Waals surface area contributed by atoms with Gasteiger partial charge in [-0.3, -0.25) is 9.59 Å². The van der Waals surface area contributed by atoms with Crippen LogP contribution in [0.2, 0.25) is 0 Å². The third kappa shape index (κ3) is 2.70. The van der Waals surface area contributed by atoms with E-state index in [2.05, 4.69) is 0 Å². The molecule has 6 nitrogen and oxygen atoms in total. The summed E-state index contributed by atoms with van der Waals surface area (Å²) in [4.78, 5) is 24.0. The molecule has 1 unspecified atom stereocenters. The molecule has 2 fully saturated rings. The van der Waals surface area contributed by atoms with Gasteiger partial charge in [0.2, 0.25) is 0 Å². The average molecular weight is 229 g/mol. The van der Waals surface area contributed by atoms with Crippen molar-refractivity contribution in [2.75, 3.05) is 26.4 Å². The fraction of sp³-hybridized carbons (Fsp3) is 0.800. The number of aliphatic carboxylic acids is 1. The molecular formula is C10H15NO5. The van der Waals surface area contributed by atoms with Crippen LogP contribution >= 0.6 is 0 Å². The lowest BCUT2D eigenvalue weighted by Gasteiger charge is -2.28. The smallest absolute Gasteiger partial charge is 0.323 e. The molecule has 1 saturated carbocycles. The molecule has 1 N–H and O–H groups in total. The van der Waals surface area contributed by atoms with Crippen LogP contribution < -0.4 is 0 Å². The van der Waals surface area contributed by atoms with Gasteiger partial charge >= 0.3 is 5.97 Å². The zero-order chi connectivity index (χ0) is 11.5. The Kier molecular flexibility index (Phi) is 3.40. The van der Waals surface area contributed by atoms with Crippen molar-refractivity contribution in [3.8, 4) is 0 Å². The summed E-state index contributed by atoms with van der Waals surface area (Å²) in [6.07, 6.45) is 1.13. The number of rotatable bonds is 4. The van der Waals surface area contributed by atoms with Crippen LogP contribution in [-0.2, 0) is 19.1 Å². The minimum atomic E-state index is -0.989. The lowest BCUT2D eigenvalue weighted by Crippen LogP contribution is -2.48. The molecule has 0 aromatic rings. The van der Waals surface area contributed by atoms with Crippen LogP contribution in [0.1, 0.15) is 12.8 Å². The number of carbonyl (C=O) groups excluding carboxylic acids is 1. The maximum atomic E-state index is 12.0. The zero-order valence-corrected chi connectivity index (χ0v) is 8.92. The van der Waals surface area contributed by atoms with E-state index < -0.39 is 12.1 Å². The first-order valence-electron chi connectivity index (χ1n) is 5.40. The van der Waals surface area contributed by atoms with Gasteiger partial charge in [0, 0.05) is 6.04 Å². The molecule has 2 aliphatic rings. The molecule has 1 aliphatic heterocycles. The van der Waals surface area contributed by atoms with Crippen molar-refractivity contribution in [1.82, 2.24) is 4.90 Å². The Hall–Kier alpha value is -1.14. The molecule has 16 heavy (non-hydrogen) atoms. The maximum Gasteiger partial charge on any atom is 0.323 e. The first kappa shape index (κ1) is 11.3. The lowest BCUT2D eigenvalue weighted by atomic mass is 10.3. The number of carboxylic acid groups (broad SMARTS) is 1.